The van der Waals surface area contributed by atoms with Crippen LogP contribution in [0.2, 0.25) is 0 Å². The van der Waals surface area contributed by atoms with Gasteiger partial charge in [-0.25, -0.2) is 0 Å². The number of hydrogen-bond donors (Lipinski definition) is 2. The summed E-state index contributed by atoms with van der Waals surface area (Å²) in [6, 6.07) is 29.3. The summed E-state index contributed by atoms with van der Waals surface area (Å²) in [5.41, 5.74) is 2.95. The molecule has 34 heavy (non-hydrogen) atoms. The van der Waals surface area contributed by atoms with Crippen LogP contribution in [-0.2, 0) is 32.2 Å². The van der Waals surface area contributed by atoms with Gasteiger partial charge in [-0.2, -0.15) is 0 Å². The number of aliphatic hydroxyl groups is 2. The number of aliphatic hydroxyl groups excluding tert-OH is 2. The van der Waals surface area contributed by atoms with Crippen molar-refractivity contribution >= 4 is 0 Å². The largest absolute Gasteiger partial charge is 0.394 e. The van der Waals surface area contributed by atoms with Crippen LogP contribution in [-0.4, -0.2) is 47.5 Å². The van der Waals surface area contributed by atoms with E-state index in [4.69, 9.17) is 18.9 Å². The van der Waals surface area contributed by atoms with Gasteiger partial charge in [-0.15, -0.1) is 0 Å². The van der Waals surface area contributed by atoms with Crippen molar-refractivity contribution in [1.82, 2.24) is 0 Å². The van der Waals surface area contributed by atoms with E-state index in [-0.39, 0.29) is 19.3 Å². The standard InChI is InChI=1S/C28H32O6/c1-20(23-15-9-4-10-16-23)33-25-24(17-29)34-28(30)27(32-19-22-13-7-3-8-14-22)26(25)31-18-21-11-5-2-6-12-21/h2-16,20,24-30H,17-19H2,1H3/t20?,24-,25-,26+,27-,28?/m1/s1. The maximum absolute atomic E-state index is 10.8. The third-order valence-electron chi connectivity index (χ3n) is 5.99. The van der Waals surface area contributed by atoms with Crippen molar-refractivity contribution in [3.05, 3.63) is 108 Å². The van der Waals surface area contributed by atoms with Gasteiger partial charge in [0.1, 0.15) is 24.4 Å². The highest BCUT2D eigenvalue weighted by Gasteiger charge is 2.48. The fourth-order valence-electron chi connectivity index (χ4n) is 4.15. The fraction of sp³-hybridized carbons (Fsp3) is 0.357. The normalized spacial score (nSPS) is 25.7. The van der Waals surface area contributed by atoms with Crippen molar-refractivity contribution in [2.24, 2.45) is 0 Å². The molecule has 0 saturated carbocycles. The van der Waals surface area contributed by atoms with Gasteiger partial charge in [0.15, 0.2) is 6.29 Å². The molecule has 1 fully saturated rings. The first-order chi connectivity index (χ1) is 16.7. The summed E-state index contributed by atoms with van der Waals surface area (Å²) in [6.45, 7) is 2.21. The monoisotopic (exact) mass is 464 g/mol. The summed E-state index contributed by atoms with van der Waals surface area (Å²) in [5.74, 6) is 0. The van der Waals surface area contributed by atoms with E-state index in [1.54, 1.807) is 0 Å². The summed E-state index contributed by atoms with van der Waals surface area (Å²) in [6.07, 6.45) is -4.45. The second-order valence-electron chi connectivity index (χ2n) is 8.42. The SMILES string of the molecule is CC(O[C@H]1[C@H](OCc2ccccc2)[C@@H](OCc2ccccc2)C(O)O[C@@H]1CO)c1ccccc1. The molecule has 1 heterocycles. The van der Waals surface area contributed by atoms with Crippen LogP contribution in [0, 0.1) is 0 Å². The number of rotatable bonds is 10. The molecule has 2 unspecified atom stereocenters. The van der Waals surface area contributed by atoms with Crippen LogP contribution in [0.1, 0.15) is 29.7 Å². The van der Waals surface area contributed by atoms with E-state index in [0.29, 0.717) is 6.61 Å². The van der Waals surface area contributed by atoms with Crippen LogP contribution in [0.4, 0.5) is 0 Å². The lowest BCUT2D eigenvalue weighted by Crippen LogP contribution is -2.61. The molecular formula is C28H32O6. The Labute approximate surface area is 200 Å². The van der Waals surface area contributed by atoms with E-state index in [1.165, 1.54) is 0 Å². The molecule has 0 amide bonds. The lowest BCUT2D eigenvalue weighted by molar-refractivity contribution is -0.318. The average Bonchev–Trinajstić information content (AvgIpc) is 2.89. The Morgan fingerprint density at radius 2 is 1.24 bits per heavy atom. The molecule has 6 heteroatoms. The van der Waals surface area contributed by atoms with Gasteiger partial charge in [-0.05, 0) is 23.6 Å². The smallest absolute Gasteiger partial charge is 0.184 e. The Morgan fingerprint density at radius 3 is 1.76 bits per heavy atom. The zero-order chi connectivity index (χ0) is 23.8. The van der Waals surface area contributed by atoms with Gasteiger partial charge in [0.25, 0.3) is 0 Å². The molecule has 0 radical (unpaired) electrons. The molecule has 1 aliphatic heterocycles. The molecule has 0 bridgehead atoms. The van der Waals surface area contributed by atoms with Gasteiger partial charge in [0, 0.05) is 0 Å². The Bertz CT molecular complexity index is 968. The van der Waals surface area contributed by atoms with Gasteiger partial charge < -0.3 is 29.2 Å². The molecule has 0 aromatic heterocycles. The van der Waals surface area contributed by atoms with Gasteiger partial charge in [0.2, 0.25) is 0 Å². The van der Waals surface area contributed by atoms with E-state index < -0.39 is 30.7 Å². The predicted molar refractivity (Wildman–Crippen MR) is 128 cm³/mol. The third-order valence-corrected chi connectivity index (χ3v) is 5.99. The van der Waals surface area contributed by atoms with Gasteiger partial charge in [-0.3, -0.25) is 0 Å². The number of ether oxygens (including phenoxy) is 4. The minimum Gasteiger partial charge on any atom is -0.394 e. The lowest BCUT2D eigenvalue weighted by Gasteiger charge is -2.44. The Hall–Kier alpha value is -2.58. The molecule has 1 aliphatic rings. The Kier molecular flexibility index (Phi) is 8.82. The summed E-state index contributed by atoms with van der Waals surface area (Å²) in [5, 5.41) is 20.8. The maximum atomic E-state index is 10.8. The summed E-state index contributed by atoms with van der Waals surface area (Å²) < 4.78 is 24.6. The summed E-state index contributed by atoms with van der Waals surface area (Å²) in [4.78, 5) is 0. The van der Waals surface area contributed by atoms with Crippen LogP contribution >= 0.6 is 0 Å². The van der Waals surface area contributed by atoms with Crippen molar-refractivity contribution in [1.29, 1.82) is 0 Å². The molecule has 180 valence electrons. The summed E-state index contributed by atoms with van der Waals surface area (Å²) >= 11 is 0. The van der Waals surface area contributed by atoms with Crippen molar-refractivity contribution in [3.8, 4) is 0 Å². The van der Waals surface area contributed by atoms with E-state index in [9.17, 15) is 10.2 Å². The number of hydrogen-bond acceptors (Lipinski definition) is 6. The quantitative estimate of drug-likeness (QED) is 0.472. The molecular weight excluding hydrogens is 432 g/mol. The van der Waals surface area contributed by atoms with E-state index in [1.807, 2.05) is 97.9 Å². The number of benzene rings is 3. The minimum absolute atomic E-state index is 0.280. The second-order valence-corrected chi connectivity index (χ2v) is 8.42. The van der Waals surface area contributed by atoms with E-state index in [0.717, 1.165) is 16.7 Å². The van der Waals surface area contributed by atoms with E-state index in [2.05, 4.69) is 0 Å². The maximum Gasteiger partial charge on any atom is 0.184 e. The van der Waals surface area contributed by atoms with Gasteiger partial charge in [-0.1, -0.05) is 91.0 Å². The van der Waals surface area contributed by atoms with Crippen molar-refractivity contribution < 1.29 is 29.2 Å². The van der Waals surface area contributed by atoms with Crippen LogP contribution < -0.4 is 0 Å². The van der Waals surface area contributed by atoms with Crippen LogP contribution in [0.25, 0.3) is 0 Å². The first-order valence-corrected chi connectivity index (χ1v) is 11.6. The average molecular weight is 465 g/mol. The zero-order valence-electron chi connectivity index (χ0n) is 19.3. The van der Waals surface area contributed by atoms with Crippen molar-refractivity contribution in [3.63, 3.8) is 0 Å². The van der Waals surface area contributed by atoms with Gasteiger partial charge >= 0.3 is 0 Å². The summed E-state index contributed by atoms with van der Waals surface area (Å²) in [7, 11) is 0. The highest BCUT2D eigenvalue weighted by Crippen LogP contribution is 2.32. The third kappa shape index (κ3) is 6.30. The van der Waals surface area contributed by atoms with Crippen molar-refractivity contribution in [2.75, 3.05) is 6.61 Å². The second kappa shape index (κ2) is 12.2. The van der Waals surface area contributed by atoms with Crippen molar-refractivity contribution in [2.45, 2.75) is 56.9 Å². The molecule has 3 aromatic carbocycles. The molecule has 6 nitrogen and oxygen atoms in total. The Balaban J connectivity index is 1.57. The molecule has 0 spiro atoms. The van der Waals surface area contributed by atoms with Crippen LogP contribution in [0.15, 0.2) is 91.0 Å². The Morgan fingerprint density at radius 1 is 0.735 bits per heavy atom. The van der Waals surface area contributed by atoms with Crippen LogP contribution in [0.3, 0.4) is 0 Å². The molecule has 0 aliphatic carbocycles. The predicted octanol–water partition coefficient (Wildman–Crippen LogP) is 4.01. The minimum atomic E-state index is -1.27. The highest BCUT2D eigenvalue weighted by molar-refractivity contribution is 5.17. The topological polar surface area (TPSA) is 77.4 Å². The molecule has 4 rings (SSSR count). The highest BCUT2D eigenvalue weighted by atomic mass is 16.7. The molecule has 1 saturated heterocycles. The molecule has 2 N–H and O–H groups in total. The zero-order valence-corrected chi connectivity index (χ0v) is 19.3. The lowest BCUT2D eigenvalue weighted by atomic mass is 9.97. The van der Waals surface area contributed by atoms with Gasteiger partial charge in [0.05, 0.1) is 25.9 Å². The molecule has 6 atom stereocenters. The van der Waals surface area contributed by atoms with E-state index >= 15 is 0 Å². The fourth-order valence-corrected chi connectivity index (χ4v) is 4.15. The molecule has 3 aromatic rings. The first-order valence-electron chi connectivity index (χ1n) is 11.6. The van der Waals surface area contributed by atoms with Crippen LogP contribution in [0.5, 0.6) is 0 Å². The first kappa shape index (κ1) is 24.5.